The van der Waals surface area contributed by atoms with Gasteiger partial charge in [-0.2, -0.15) is 0 Å². The fraction of sp³-hybridized carbons (Fsp3) is 0.556. The summed E-state index contributed by atoms with van der Waals surface area (Å²) in [5, 5.41) is 7.84. The predicted octanol–water partition coefficient (Wildman–Crippen LogP) is 2.83. The van der Waals surface area contributed by atoms with Gasteiger partial charge in [-0.3, -0.25) is 9.69 Å². The number of hydrogen-bond donors (Lipinski definition) is 2. The third-order valence-corrected chi connectivity index (χ3v) is 4.89. The summed E-state index contributed by atoms with van der Waals surface area (Å²) in [7, 11) is 0. The van der Waals surface area contributed by atoms with Crippen molar-refractivity contribution in [2.24, 2.45) is 4.99 Å². The van der Waals surface area contributed by atoms with Crippen molar-refractivity contribution in [3.63, 3.8) is 0 Å². The molecule has 1 aromatic carbocycles. The standard InChI is InChI=1S/C18H27Cl2N5O.HI/c1-3-21-18(23-13-15-4-5-16(19)12-17(15)20)22-6-7-24-8-10-25(11-9-24)14(2)26;/h4-5,12H,3,6-11,13H2,1-2H3,(H2,21,22,23);1H. The molecule has 6 nitrogen and oxygen atoms in total. The number of aliphatic imine (C=N–C) groups is 1. The van der Waals surface area contributed by atoms with Crippen LogP contribution in [0.1, 0.15) is 19.4 Å². The van der Waals surface area contributed by atoms with Gasteiger partial charge >= 0.3 is 0 Å². The maximum absolute atomic E-state index is 11.4. The number of nitrogens with zero attached hydrogens (tertiary/aromatic N) is 3. The van der Waals surface area contributed by atoms with Crippen molar-refractivity contribution in [2.45, 2.75) is 20.4 Å². The first-order valence-electron chi connectivity index (χ1n) is 8.93. The summed E-state index contributed by atoms with van der Waals surface area (Å²) >= 11 is 12.1. The molecule has 0 aromatic heterocycles. The van der Waals surface area contributed by atoms with E-state index in [0.717, 1.165) is 57.3 Å². The lowest BCUT2D eigenvalue weighted by Crippen LogP contribution is -2.50. The van der Waals surface area contributed by atoms with Gasteiger partial charge in [0.2, 0.25) is 5.91 Å². The minimum absolute atomic E-state index is 0. The van der Waals surface area contributed by atoms with Crippen LogP contribution in [0.4, 0.5) is 0 Å². The number of rotatable bonds is 6. The van der Waals surface area contributed by atoms with Crippen molar-refractivity contribution in [2.75, 3.05) is 45.8 Å². The van der Waals surface area contributed by atoms with E-state index in [-0.39, 0.29) is 29.9 Å². The van der Waals surface area contributed by atoms with E-state index in [9.17, 15) is 4.79 Å². The van der Waals surface area contributed by atoms with Gasteiger partial charge in [0.05, 0.1) is 6.54 Å². The van der Waals surface area contributed by atoms with Gasteiger partial charge in [-0.1, -0.05) is 29.3 Å². The fourth-order valence-electron chi connectivity index (χ4n) is 2.77. The maximum Gasteiger partial charge on any atom is 0.219 e. The molecular formula is C18H28Cl2IN5O. The molecule has 1 aromatic rings. The Kier molecular flexibility index (Phi) is 11.4. The number of amides is 1. The Morgan fingerprint density at radius 2 is 1.89 bits per heavy atom. The molecule has 1 aliphatic heterocycles. The third kappa shape index (κ3) is 8.41. The van der Waals surface area contributed by atoms with Gasteiger partial charge in [-0.05, 0) is 24.6 Å². The molecule has 1 fully saturated rings. The van der Waals surface area contributed by atoms with Crippen molar-refractivity contribution < 1.29 is 4.79 Å². The third-order valence-electron chi connectivity index (χ3n) is 4.30. The Labute approximate surface area is 188 Å². The highest BCUT2D eigenvalue weighted by Crippen LogP contribution is 2.21. The summed E-state index contributed by atoms with van der Waals surface area (Å²) in [5.74, 6) is 0.922. The predicted molar refractivity (Wildman–Crippen MR) is 123 cm³/mol. The lowest BCUT2D eigenvalue weighted by molar-refractivity contribution is -0.130. The second-order valence-electron chi connectivity index (χ2n) is 6.21. The lowest BCUT2D eigenvalue weighted by Gasteiger charge is -2.34. The van der Waals surface area contributed by atoms with Crippen molar-refractivity contribution >= 4 is 59.0 Å². The zero-order valence-electron chi connectivity index (χ0n) is 15.8. The molecule has 0 saturated carbocycles. The molecule has 2 N–H and O–H groups in total. The first kappa shape index (κ1) is 24.3. The number of piperazine rings is 1. The smallest absolute Gasteiger partial charge is 0.219 e. The SMILES string of the molecule is CCNC(=NCc1ccc(Cl)cc1Cl)NCCN1CCN(C(C)=O)CC1.I. The molecule has 0 bridgehead atoms. The Hall–Kier alpha value is -0.770. The Balaban J connectivity index is 0.00000364. The average Bonchev–Trinajstić information content (AvgIpc) is 2.61. The van der Waals surface area contributed by atoms with E-state index >= 15 is 0 Å². The molecule has 0 atom stereocenters. The van der Waals surface area contributed by atoms with Crippen LogP contribution in [0.15, 0.2) is 23.2 Å². The zero-order chi connectivity index (χ0) is 18.9. The largest absolute Gasteiger partial charge is 0.357 e. The van der Waals surface area contributed by atoms with Gasteiger partial charge < -0.3 is 15.5 Å². The Morgan fingerprint density at radius 3 is 2.48 bits per heavy atom. The van der Waals surface area contributed by atoms with Crippen LogP contribution < -0.4 is 10.6 Å². The molecule has 1 aliphatic rings. The van der Waals surface area contributed by atoms with Crippen molar-refractivity contribution in [3.05, 3.63) is 33.8 Å². The number of hydrogen-bond acceptors (Lipinski definition) is 3. The van der Waals surface area contributed by atoms with Crippen LogP contribution in [0.5, 0.6) is 0 Å². The molecular weight excluding hydrogens is 500 g/mol. The first-order chi connectivity index (χ1) is 12.5. The topological polar surface area (TPSA) is 60.0 Å². The number of carbonyl (C=O) groups excluding carboxylic acids is 1. The van der Waals surface area contributed by atoms with E-state index < -0.39 is 0 Å². The van der Waals surface area contributed by atoms with Crippen molar-refractivity contribution in [3.8, 4) is 0 Å². The van der Waals surface area contributed by atoms with E-state index in [4.69, 9.17) is 23.2 Å². The summed E-state index contributed by atoms with van der Waals surface area (Å²) in [4.78, 5) is 20.2. The normalized spacial score (nSPS) is 15.3. The van der Waals surface area contributed by atoms with Gasteiger partial charge in [-0.25, -0.2) is 4.99 Å². The molecule has 9 heteroatoms. The van der Waals surface area contributed by atoms with Crippen LogP contribution in [0.25, 0.3) is 0 Å². The van der Waals surface area contributed by atoms with Gasteiger partial charge in [-0.15, -0.1) is 24.0 Å². The van der Waals surface area contributed by atoms with Crippen LogP contribution >= 0.6 is 47.2 Å². The molecule has 0 unspecified atom stereocenters. The minimum Gasteiger partial charge on any atom is -0.357 e. The van der Waals surface area contributed by atoms with Crippen LogP contribution in [0.3, 0.4) is 0 Å². The molecule has 152 valence electrons. The van der Waals surface area contributed by atoms with Gasteiger partial charge in [0.1, 0.15) is 0 Å². The molecule has 0 aliphatic carbocycles. The quantitative estimate of drug-likeness (QED) is 0.339. The van der Waals surface area contributed by atoms with E-state index in [0.29, 0.717) is 16.6 Å². The highest BCUT2D eigenvalue weighted by atomic mass is 127. The average molecular weight is 528 g/mol. The minimum atomic E-state index is 0. The van der Waals surface area contributed by atoms with E-state index in [1.54, 1.807) is 13.0 Å². The van der Waals surface area contributed by atoms with Crippen molar-refractivity contribution in [1.29, 1.82) is 0 Å². The summed E-state index contributed by atoms with van der Waals surface area (Å²) in [6, 6.07) is 5.45. The number of guanidine groups is 1. The van der Waals surface area contributed by atoms with E-state index in [1.165, 1.54) is 0 Å². The molecule has 1 heterocycles. The van der Waals surface area contributed by atoms with Crippen LogP contribution in [0, 0.1) is 0 Å². The molecule has 0 spiro atoms. The highest BCUT2D eigenvalue weighted by Gasteiger charge is 2.17. The first-order valence-corrected chi connectivity index (χ1v) is 9.69. The highest BCUT2D eigenvalue weighted by molar-refractivity contribution is 14.0. The van der Waals surface area contributed by atoms with Crippen LogP contribution in [-0.4, -0.2) is 67.5 Å². The lowest BCUT2D eigenvalue weighted by atomic mass is 10.2. The number of halogens is 3. The van der Waals surface area contributed by atoms with Gasteiger partial charge in [0.25, 0.3) is 0 Å². The van der Waals surface area contributed by atoms with Gasteiger partial charge in [0, 0.05) is 62.8 Å². The molecule has 1 amide bonds. The number of carbonyl (C=O) groups is 1. The number of nitrogens with one attached hydrogen (secondary N) is 2. The Bertz CT molecular complexity index is 636. The zero-order valence-corrected chi connectivity index (χ0v) is 19.6. The second-order valence-corrected chi connectivity index (χ2v) is 7.05. The van der Waals surface area contributed by atoms with E-state index in [2.05, 4.69) is 20.5 Å². The second kappa shape index (κ2) is 12.6. The molecule has 0 radical (unpaired) electrons. The van der Waals surface area contributed by atoms with Gasteiger partial charge in [0.15, 0.2) is 5.96 Å². The fourth-order valence-corrected chi connectivity index (χ4v) is 3.24. The number of benzene rings is 1. The van der Waals surface area contributed by atoms with Crippen LogP contribution in [0.2, 0.25) is 10.0 Å². The summed E-state index contributed by atoms with van der Waals surface area (Å²) < 4.78 is 0. The van der Waals surface area contributed by atoms with Crippen molar-refractivity contribution in [1.82, 2.24) is 20.4 Å². The maximum atomic E-state index is 11.4. The summed E-state index contributed by atoms with van der Waals surface area (Å²) in [6.07, 6.45) is 0. The molecule has 2 rings (SSSR count). The molecule has 1 saturated heterocycles. The Morgan fingerprint density at radius 1 is 1.19 bits per heavy atom. The molecule has 27 heavy (non-hydrogen) atoms. The summed E-state index contributed by atoms with van der Waals surface area (Å²) in [5.41, 5.74) is 0.939. The summed E-state index contributed by atoms with van der Waals surface area (Å²) in [6.45, 7) is 10.1. The van der Waals surface area contributed by atoms with Crippen LogP contribution in [-0.2, 0) is 11.3 Å². The van der Waals surface area contributed by atoms with E-state index in [1.807, 2.05) is 24.0 Å². The monoisotopic (exact) mass is 527 g/mol.